The van der Waals surface area contributed by atoms with Crippen molar-refractivity contribution in [1.29, 1.82) is 0 Å². The highest BCUT2D eigenvalue weighted by Crippen LogP contribution is 2.28. The minimum absolute atomic E-state index is 0.629. The summed E-state index contributed by atoms with van der Waals surface area (Å²) < 4.78 is 1.05. The number of nitrogens with zero attached hydrogens (tertiary/aromatic N) is 2. The summed E-state index contributed by atoms with van der Waals surface area (Å²) in [5.74, 6) is 3.61. The minimum Gasteiger partial charge on any atom is -0.356 e. The first-order valence-corrected chi connectivity index (χ1v) is 8.33. The Hall–Kier alpha value is -0.260. The van der Waals surface area contributed by atoms with Gasteiger partial charge in [-0.1, -0.05) is 6.92 Å². The van der Waals surface area contributed by atoms with Gasteiger partial charge in [0.2, 0.25) is 0 Å². The number of hydrogen-bond acceptors (Lipinski definition) is 4. The zero-order valence-corrected chi connectivity index (χ0v) is 13.4. The fraction of sp³-hybridized carbons (Fsp3) is 0.615. The predicted molar refractivity (Wildman–Crippen MR) is 83.5 cm³/mol. The molecular formula is C13H20BrN3S. The van der Waals surface area contributed by atoms with E-state index in [-0.39, 0.29) is 0 Å². The quantitative estimate of drug-likeness (QED) is 0.899. The first kappa shape index (κ1) is 14.2. The molecule has 1 atom stereocenters. The molecule has 2 heterocycles. The number of nitrogens with one attached hydrogen (secondary N) is 1. The molecule has 1 aromatic heterocycles. The molecule has 100 valence electrons. The predicted octanol–water partition coefficient (Wildman–Crippen LogP) is 2.90. The Morgan fingerprint density at radius 3 is 3.11 bits per heavy atom. The summed E-state index contributed by atoms with van der Waals surface area (Å²) in [6.45, 7) is 3.99. The lowest BCUT2D eigenvalue weighted by Gasteiger charge is -2.27. The van der Waals surface area contributed by atoms with Crippen molar-refractivity contribution in [3.8, 4) is 0 Å². The second kappa shape index (κ2) is 6.78. The van der Waals surface area contributed by atoms with E-state index in [0.717, 1.165) is 23.4 Å². The van der Waals surface area contributed by atoms with Crippen molar-refractivity contribution >= 4 is 33.5 Å². The van der Waals surface area contributed by atoms with Gasteiger partial charge in [0.1, 0.15) is 5.82 Å². The van der Waals surface area contributed by atoms with E-state index in [2.05, 4.69) is 51.2 Å². The minimum atomic E-state index is 0.629. The van der Waals surface area contributed by atoms with Crippen molar-refractivity contribution < 1.29 is 0 Å². The fourth-order valence-corrected chi connectivity index (χ4v) is 3.83. The summed E-state index contributed by atoms with van der Waals surface area (Å²) in [5.41, 5.74) is 1.27. The monoisotopic (exact) mass is 329 g/mol. The molecule has 1 saturated heterocycles. The smallest absolute Gasteiger partial charge is 0.133 e. The van der Waals surface area contributed by atoms with Gasteiger partial charge in [-0.25, -0.2) is 4.98 Å². The van der Waals surface area contributed by atoms with Crippen molar-refractivity contribution in [2.45, 2.75) is 25.9 Å². The Bertz CT molecular complexity index is 394. The van der Waals surface area contributed by atoms with E-state index < -0.39 is 0 Å². The molecule has 0 aliphatic carbocycles. The van der Waals surface area contributed by atoms with Gasteiger partial charge in [0.05, 0.1) is 0 Å². The molecule has 0 radical (unpaired) electrons. The van der Waals surface area contributed by atoms with Crippen molar-refractivity contribution in [2.75, 3.05) is 30.0 Å². The van der Waals surface area contributed by atoms with E-state index in [4.69, 9.17) is 0 Å². The fourth-order valence-electron chi connectivity index (χ4n) is 2.18. The van der Waals surface area contributed by atoms with Crippen LogP contribution in [0.25, 0.3) is 0 Å². The third kappa shape index (κ3) is 3.39. The molecular weight excluding hydrogens is 310 g/mol. The third-order valence-corrected chi connectivity index (χ3v) is 4.84. The summed E-state index contributed by atoms with van der Waals surface area (Å²) >= 11 is 5.55. The Labute approximate surface area is 122 Å². The number of halogens is 1. The maximum absolute atomic E-state index is 4.61. The number of anilines is 1. The average molecular weight is 330 g/mol. The highest BCUT2D eigenvalue weighted by Gasteiger charge is 2.22. The summed E-state index contributed by atoms with van der Waals surface area (Å²) in [4.78, 5) is 6.95. The molecule has 18 heavy (non-hydrogen) atoms. The summed E-state index contributed by atoms with van der Waals surface area (Å²) in [6, 6.07) is 2.80. The summed E-state index contributed by atoms with van der Waals surface area (Å²) in [5, 5.41) is 3.38. The van der Waals surface area contributed by atoms with Crippen LogP contribution < -0.4 is 10.2 Å². The maximum atomic E-state index is 4.61. The van der Waals surface area contributed by atoms with E-state index in [9.17, 15) is 0 Å². The van der Waals surface area contributed by atoms with Gasteiger partial charge in [-0.3, -0.25) is 0 Å². The van der Waals surface area contributed by atoms with Crippen LogP contribution in [0, 0.1) is 0 Å². The SMILES string of the molecule is CCNCc1cc(Br)cnc1N(C)C1CCSC1. The van der Waals surface area contributed by atoms with Crippen molar-refractivity contribution in [3.05, 3.63) is 22.3 Å². The van der Waals surface area contributed by atoms with Gasteiger partial charge in [-0.15, -0.1) is 0 Å². The van der Waals surface area contributed by atoms with Crippen LogP contribution in [0.3, 0.4) is 0 Å². The number of rotatable bonds is 5. The van der Waals surface area contributed by atoms with E-state index in [1.165, 1.54) is 23.5 Å². The molecule has 1 aliphatic heterocycles. The third-order valence-electron chi connectivity index (χ3n) is 3.26. The molecule has 1 N–H and O–H groups in total. The summed E-state index contributed by atoms with van der Waals surface area (Å²) in [7, 11) is 2.17. The van der Waals surface area contributed by atoms with Crippen LogP contribution in [0.15, 0.2) is 16.7 Å². The lowest BCUT2D eigenvalue weighted by molar-refractivity contribution is 0.674. The molecule has 1 fully saturated rings. The van der Waals surface area contributed by atoms with Gasteiger partial charge in [0.25, 0.3) is 0 Å². The van der Waals surface area contributed by atoms with E-state index in [0.29, 0.717) is 6.04 Å². The van der Waals surface area contributed by atoms with Crippen LogP contribution in [0.1, 0.15) is 18.9 Å². The molecule has 0 saturated carbocycles. The molecule has 2 rings (SSSR count). The first-order valence-electron chi connectivity index (χ1n) is 6.38. The number of aromatic nitrogens is 1. The first-order chi connectivity index (χ1) is 8.72. The van der Waals surface area contributed by atoms with Crippen LogP contribution in [0.4, 0.5) is 5.82 Å². The van der Waals surface area contributed by atoms with Gasteiger partial charge in [-0.2, -0.15) is 11.8 Å². The molecule has 1 aromatic rings. The number of pyridine rings is 1. The maximum Gasteiger partial charge on any atom is 0.133 e. The Balaban J connectivity index is 2.18. The zero-order valence-electron chi connectivity index (χ0n) is 10.9. The Kier molecular flexibility index (Phi) is 5.33. The van der Waals surface area contributed by atoms with Crippen molar-refractivity contribution in [1.82, 2.24) is 10.3 Å². The Morgan fingerprint density at radius 2 is 2.44 bits per heavy atom. The van der Waals surface area contributed by atoms with Crippen molar-refractivity contribution in [3.63, 3.8) is 0 Å². The van der Waals surface area contributed by atoms with Crippen molar-refractivity contribution in [2.24, 2.45) is 0 Å². The molecule has 1 aliphatic rings. The molecule has 0 amide bonds. The molecule has 0 aromatic carbocycles. The standard InChI is InChI=1S/C13H20BrN3S/c1-3-15-7-10-6-11(14)8-16-13(10)17(2)12-4-5-18-9-12/h6,8,12,15H,3-5,7,9H2,1-2H3. The van der Waals surface area contributed by atoms with Crippen LogP contribution in [-0.4, -0.2) is 36.1 Å². The Morgan fingerprint density at radius 1 is 1.61 bits per heavy atom. The molecule has 0 spiro atoms. The molecule has 1 unspecified atom stereocenters. The van der Waals surface area contributed by atoms with Crippen LogP contribution >= 0.6 is 27.7 Å². The number of hydrogen-bond donors (Lipinski definition) is 1. The van der Waals surface area contributed by atoms with E-state index >= 15 is 0 Å². The summed E-state index contributed by atoms with van der Waals surface area (Å²) in [6.07, 6.45) is 3.16. The second-order valence-corrected chi connectivity index (χ2v) is 6.61. The van der Waals surface area contributed by atoms with E-state index in [1.54, 1.807) is 0 Å². The zero-order chi connectivity index (χ0) is 13.0. The van der Waals surface area contributed by atoms with Gasteiger partial charge in [-0.05, 0) is 40.7 Å². The van der Waals surface area contributed by atoms with Gasteiger partial charge < -0.3 is 10.2 Å². The highest BCUT2D eigenvalue weighted by atomic mass is 79.9. The topological polar surface area (TPSA) is 28.2 Å². The number of thioether (sulfide) groups is 1. The molecule has 3 nitrogen and oxygen atoms in total. The normalized spacial score (nSPS) is 19.2. The van der Waals surface area contributed by atoms with Gasteiger partial charge in [0, 0.05) is 41.6 Å². The van der Waals surface area contributed by atoms with Gasteiger partial charge >= 0.3 is 0 Å². The lowest BCUT2D eigenvalue weighted by Crippen LogP contribution is -2.33. The van der Waals surface area contributed by atoms with Gasteiger partial charge in [0.15, 0.2) is 0 Å². The van der Waals surface area contributed by atoms with Crippen LogP contribution in [-0.2, 0) is 6.54 Å². The molecule has 0 bridgehead atoms. The lowest BCUT2D eigenvalue weighted by atomic mass is 10.2. The second-order valence-electron chi connectivity index (χ2n) is 4.54. The largest absolute Gasteiger partial charge is 0.356 e. The molecule has 5 heteroatoms. The van der Waals surface area contributed by atoms with E-state index in [1.807, 2.05) is 18.0 Å². The highest BCUT2D eigenvalue weighted by molar-refractivity contribution is 9.10. The average Bonchev–Trinajstić information content (AvgIpc) is 2.89. The van der Waals surface area contributed by atoms with Crippen LogP contribution in [0.5, 0.6) is 0 Å². The van der Waals surface area contributed by atoms with Crippen LogP contribution in [0.2, 0.25) is 0 Å².